The van der Waals surface area contributed by atoms with Gasteiger partial charge in [0.25, 0.3) is 0 Å². The van der Waals surface area contributed by atoms with E-state index >= 15 is 0 Å². The molecule has 0 N–H and O–H groups in total. The van der Waals surface area contributed by atoms with Crippen LogP contribution in [0.3, 0.4) is 0 Å². The van der Waals surface area contributed by atoms with Crippen LogP contribution >= 0.6 is 21.6 Å². The van der Waals surface area contributed by atoms with Gasteiger partial charge in [0.15, 0.2) is 0 Å². The zero-order valence-electron chi connectivity index (χ0n) is 14.4. The monoisotopic (exact) mass is 374 g/mol. The minimum Gasteiger partial charge on any atom is -0.375 e. The highest BCUT2D eigenvalue weighted by Crippen LogP contribution is 2.43. The van der Waals surface area contributed by atoms with E-state index in [4.69, 9.17) is 18.9 Å². The Morgan fingerprint density at radius 3 is 1.33 bits per heavy atom. The van der Waals surface area contributed by atoms with Gasteiger partial charge in [0, 0.05) is 10.5 Å². The third kappa shape index (κ3) is 6.06. The number of epoxide rings is 2. The van der Waals surface area contributed by atoms with Crippen LogP contribution in [0.1, 0.15) is 51.4 Å². The smallest absolute Gasteiger partial charge is 0.104 e. The fraction of sp³-hybridized carbons (Fsp3) is 1.00. The third-order valence-electron chi connectivity index (χ3n) is 5.41. The molecule has 2 atom stereocenters. The highest BCUT2D eigenvalue weighted by molar-refractivity contribution is 8.77. The van der Waals surface area contributed by atoms with Crippen LogP contribution in [0.5, 0.6) is 0 Å². The number of rotatable bonds is 9. The molecule has 6 heteroatoms. The van der Waals surface area contributed by atoms with E-state index in [0.29, 0.717) is 24.4 Å². The van der Waals surface area contributed by atoms with Crippen LogP contribution in [0.4, 0.5) is 0 Å². The van der Waals surface area contributed by atoms with E-state index in [1.807, 2.05) is 0 Å². The second-order valence-corrected chi connectivity index (χ2v) is 10.4. The Morgan fingerprint density at radius 2 is 1.00 bits per heavy atom. The molecule has 2 saturated carbocycles. The van der Waals surface area contributed by atoms with E-state index in [1.165, 1.54) is 51.4 Å². The number of hydrogen-bond donors (Lipinski definition) is 0. The molecule has 0 aromatic rings. The number of hydrogen-bond acceptors (Lipinski definition) is 6. The first-order valence-electron chi connectivity index (χ1n) is 9.63. The molecule has 2 saturated heterocycles. The Kier molecular flexibility index (Phi) is 6.69. The quantitative estimate of drug-likeness (QED) is 0.451. The van der Waals surface area contributed by atoms with Crippen LogP contribution in [0.15, 0.2) is 0 Å². The van der Waals surface area contributed by atoms with Gasteiger partial charge >= 0.3 is 0 Å². The first kappa shape index (κ1) is 17.9. The Hall–Kier alpha value is 0.540. The molecule has 2 aliphatic heterocycles. The van der Waals surface area contributed by atoms with Gasteiger partial charge in [-0.1, -0.05) is 21.6 Å². The van der Waals surface area contributed by atoms with E-state index in [1.54, 1.807) is 0 Å². The molecule has 0 amide bonds. The molecular formula is C18H30O4S2. The molecule has 4 nitrogen and oxygen atoms in total. The summed E-state index contributed by atoms with van der Waals surface area (Å²) in [5.74, 6) is 0. The van der Waals surface area contributed by atoms with Crippen LogP contribution in [0.2, 0.25) is 0 Å². The maximum atomic E-state index is 5.94. The topological polar surface area (TPSA) is 43.5 Å². The summed E-state index contributed by atoms with van der Waals surface area (Å²) < 4.78 is 22.3. The van der Waals surface area contributed by atoms with E-state index in [0.717, 1.165) is 36.9 Å². The minimum absolute atomic E-state index is 0.406. The normalized spacial score (nSPS) is 42.0. The lowest BCUT2D eigenvalue weighted by atomic mass is 9.97. The van der Waals surface area contributed by atoms with E-state index in [2.05, 4.69) is 21.6 Å². The Balaban J connectivity index is 1.04. The SMILES string of the molecule is C1CC(SSC2CCC(OCC3CO3)CC2)CCC1OCC1CO1. The van der Waals surface area contributed by atoms with Gasteiger partial charge in [-0.05, 0) is 51.4 Å². The van der Waals surface area contributed by atoms with Crippen molar-refractivity contribution in [2.75, 3.05) is 26.4 Å². The van der Waals surface area contributed by atoms with Gasteiger partial charge in [-0.3, -0.25) is 0 Å². The van der Waals surface area contributed by atoms with Crippen LogP contribution < -0.4 is 0 Å². The average Bonchev–Trinajstić information content (AvgIpc) is 3.53. The third-order valence-corrected chi connectivity index (χ3v) is 8.98. The Labute approximate surface area is 153 Å². The van der Waals surface area contributed by atoms with Crippen molar-refractivity contribution < 1.29 is 18.9 Å². The van der Waals surface area contributed by atoms with Crippen LogP contribution in [0.25, 0.3) is 0 Å². The summed E-state index contributed by atoms with van der Waals surface area (Å²) in [5.41, 5.74) is 0. The fourth-order valence-corrected chi connectivity index (χ4v) is 6.90. The summed E-state index contributed by atoms with van der Waals surface area (Å²) >= 11 is 0. The van der Waals surface area contributed by atoms with Gasteiger partial charge in [0.1, 0.15) is 12.2 Å². The van der Waals surface area contributed by atoms with Gasteiger partial charge in [0.2, 0.25) is 0 Å². The van der Waals surface area contributed by atoms with Crippen LogP contribution in [-0.2, 0) is 18.9 Å². The second kappa shape index (κ2) is 8.96. The summed E-state index contributed by atoms with van der Waals surface area (Å²) in [6.45, 7) is 3.44. The molecule has 4 fully saturated rings. The van der Waals surface area contributed by atoms with Gasteiger partial charge < -0.3 is 18.9 Å². The highest BCUT2D eigenvalue weighted by atomic mass is 33.1. The lowest BCUT2D eigenvalue weighted by molar-refractivity contribution is 0.0207. The largest absolute Gasteiger partial charge is 0.375 e. The second-order valence-electron chi connectivity index (χ2n) is 7.57. The van der Waals surface area contributed by atoms with Crippen molar-refractivity contribution in [3.63, 3.8) is 0 Å². The summed E-state index contributed by atoms with van der Waals surface area (Å²) in [4.78, 5) is 0. The van der Waals surface area contributed by atoms with E-state index < -0.39 is 0 Å². The molecule has 138 valence electrons. The van der Waals surface area contributed by atoms with Crippen molar-refractivity contribution >= 4 is 21.6 Å². The van der Waals surface area contributed by atoms with Crippen molar-refractivity contribution in [3.05, 3.63) is 0 Å². The lowest BCUT2D eigenvalue weighted by Crippen LogP contribution is -2.25. The molecule has 0 aromatic carbocycles. The maximum absolute atomic E-state index is 5.94. The van der Waals surface area contributed by atoms with Crippen molar-refractivity contribution in [1.29, 1.82) is 0 Å². The predicted octanol–water partition coefficient (Wildman–Crippen LogP) is 3.82. The first-order chi connectivity index (χ1) is 11.8. The first-order valence-corrected chi connectivity index (χ1v) is 11.9. The van der Waals surface area contributed by atoms with E-state index in [-0.39, 0.29) is 0 Å². The molecule has 4 rings (SSSR count). The zero-order valence-corrected chi connectivity index (χ0v) is 16.0. The summed E-state index contributed by atoms with van der Waals surface area (Å²) in [6.07, 6.45) is 12.0. The fourth-order valence-electron chi connectivity index (χ4n) is 3.56. The molecular weight excluding hydrogens is 344 g/mol. The molecule has 0 spiro atoms. The van der Waals surface area contributed by atoms with Gasteiger partial charge in [-0.25, -0.2) is 0 Å². The molecule has 2 heterocycles. The highest BCUT2D eigenvalue weighted by Gasteiger charge is 2.29. The minimum atomic E-state index is 0.406. The molecule has 0 aromatic heterocycles. The van der Waals surface area contributed by atoms with Crippen molar-refractivity contribution in [2.24, 2.45) is 0 Å². The molecule has 2 unspecified atom stereocenters. The number of ether oxygens (including phenoxy) is 4. The average molecular weight is 375 g/mol. The van der Waals surface area contributed by atoms with Crippen LogP contribution in [0, 0.1) is 0 Å². The molecule has 0 bridgehead atoms. The van der Waals surface area contributed by atoms with Gasteiger partial charge in [0.05, 0.1) is 38.6 Å². The van der Waals surface area contributed by atoms with Gasteiger partial charge in [-0.15, -0.1) is 0 Å². The van der Waals surface area contributed by atoms with E-state index in [9.17, 15) is 0 Å². The van der Waals surface area contributed by atoms with Crippen molar-refractivity contribution in [3.8, 4) is 0 Å². The standard InChI is InChI=1S/C18H30O4S2/c1-5-17(6-2-13(1)19-9-15-11-21-15)23-24-18-7-3-14(4-8-18)20-10-16-12-22-16/h13-18H,1-12H2. The summed E-state index contributed by atoms with van der Waals surface area (Å²) in [6, 6.07) is 0. The molecule has 2 aliphatic carbocycles. The lowest BCUT2D eigenvalue weighted by Gasteiger charge is -2.31. The zero-order chi connectivity index (χ0) is 16.2. The maximum Gasteiger partial charge on any atom is 0.104 e. The Bertz CT molecular complexity index is 337. The summed E-state index contributed by atoms with van der Waals surface area (Å²) in [5, 5.41) is 1.65. The molecule has 4 aliphatic rings. The van der Waals surface area contributed by atoms with Crippen molar-refractivity contribution in [1.82, 2.24) is 0 Å². The predicted molar refractivity (Wildman–Crippen MR) is 98.7 cm³/mol. The molecule has 24 heavy (non-hydrogen) atoms. The van der Waals surface area contributed by atoms with Crippen LogP contribution in [-0.4, -0.2) is 61.3 Å². The van der Waals surface area contributed by atoms with Gasteiger partial charge in [-0.2, -0.15) is 0 Å². The Morgan fingerprint density at radius 1 is 0.625 bits per heavy atom. The molecule has 0 radical (unpaired) electrons. The van der Waals surface area contributed by atoms with Crippen molar-refractivity contribution in [2.45, 2.75) is 86.3 Å². The summed E-state index contributed by atoms with van der Waals surface area (Å²) in [7, 11) is 4.30.